The number of hydrogen-bond acceptors (Lipinski definition) is 4. The van der Waals surface area contributed by atoms with Crippen molar-refractivity contribution in [2.45, 2.75) is 44.6 Å². The van der Waals surface area contributed by atoms with Crippen LogP contribution in [0.3, 0.4) is 0 Å². The van der Waals surface area contributed by atoms with Crippen LogP contribution < -0.4 is 5.32 Å². The number of nitrogens with zero attached hydrogens (tertiary/aromatic N) is 3. The minimum atomic E-state index is -3.45. The predicted molar refractivity (Wildman–Crippen MR) is 123 cm³/mol. The topological polar surface area (TPSA) is 84.3 Å². The highest BCUT2D eigenvalue weighted by molar-refractivity contribution is 7.89. The number of benzene rings is 2. The number of hydrogen-bond donors (Lipinski definition) is 1. The lowest BCUT2D eigenvalue weighted by Crippen LogP contribution is -2.35. The molecule has 1 saturated heterocycles. The molecule has 0 unspecified atom stereocenters. The van der Waals surface area contributed by atoms with Crippen molar-refractivity contribution in [2.75, 3.05) is 13.1 Å². The predicted octanol–water partition coefficient (Wildman–Crippen LogP) is 3.59. The van der Waals surface area contributed by atoms with Crippen molar-refractivity contribution < 1.29 is 13.2 Å². The molecule has 0 radical (unpaired) electrons. The third-order valence-electron chi connectivity index (χ3n) is 5.85. The summed E-state index contributed by atoms with van der Waals surface area (Å²) in [5, 5.41) is 7.46. The van der Waals surface area contributed by atoms with Gasteiger partial charge < -0.3 is 5.32 Å². The quantitative estimate of drug-likeness (QED) is 0.619. The molecule has 1 N–H and O–H groups in total. The molecule has 7 nitrogen and oxygen atoms in total. The Kier molecular flexibility index (Phi) is 6.43. The molecule has 168 valence electrons. The van der Waals surface area contributed by atoms with E-state index in [-0.39, 0.29) is 5.91 Å². The van der Waals surface area contributed by atoms with Crippen molar-refractivity contribution >= 4 is 15.9 Å². The van der Waals surface area contributed by atoms with E-state index in [0.29, 0.717) is 35.8 Å². The lowest BCUT2D eigenvalue weighted by Gasteiger charge is -2.25. The molecule has 2 aromatic carbocycles. The average Bonchev–Trinajstić information content (AvgIpc) is 3.12. The van der Waals surface area contributed by atoms with Gasteiger partial charge in [-0.3, -0.25) is 4.79 Å². The van der Waals surface area contributed by atoms with Gasteiger partial charge in [-0.1, -0.05) is 36.8 Å². The van der Waals surface area contributed by atoms with Crippen LogP contribution in [-0.4, -0.2) is 41.5 Å². The number of para-hydroxylation sites is 1. The zero-order chi connectivity index (χ0) is 22.7. The molecule has 0 saturated carbocycles. The second kappa shape index (κ2) is 9.26. The molecule has 8 heteroatoms. The fourth-order valence-electron chi connectivity index (χ4n) is 4.10. The van der Waals surface area contributed by atoms with Crippen molar-refractivity contribution in [3.63, 3.8) is 0 Å². The molecule has 1 aliphatic rings. The maximum atomic E-state index is 12.9. The van der Waals surface area contributed by atoms with Gasteiger partial charge in [0.1, 0.15) is 0 Å². The molecule has 0 spiro atoms. The Morgan fingerprint density at radius 2 is 1.62 bits per heavy atom. The van der Waals surface area contributed by atoms with E-state index < -0.39 is 10.0 Å². The summed E-state index contributed by atoms with van der Waals surface area (Å²) in [5.74, 6) is -0.202. The first-order valence-corrected chi connectivity index (χ1v) is 12.3. The van der Waals surface area contributed by atoms with E-state index >= 15 is 0 Å². The van der Waals surface area contributed by atoms with E-state index in [1.165, 1.54) is 0 Å². The lowest BCUT2D eigenvalue weighted by molar-refractivity contribution is 0.0949. The van der Waals surface area contributed by atoms with Gasteiger partial charge in [0.05, 0.1) is 27.5 Å². The minimum absolute atomic E-state index is 0.202. The second-order valence-electron chi connectivity index (χ2n) is 8.08. The first kappa shape index (κ1) is 22.2. The smallest absolute Gasteiger partial charge is 0.255 e. The maximum Gasteiger partial charge on any atom is 0.255 e. The molecular weight excluding hydrogens is 424 g/mol. The minimum Gasteiger partial charge on any atom is -0.348 e. The van der Waals surface area contributed by atoms with E-state index in [1.54, 1.807) is 33.3 Å². The molecule has 32 heavy (non-hydrogen) atoms. The molecule has 1 amide bonds. The SMILES string of the molecule is Cc1nn(-c2ccccc2)c(C)c1C(=O)NCc1ccc(S(=O)(=O)N2CCCCC2)cc1. The van der Waals surface area contributed by atoms with E-state index in [2.05, 4.69) is 10.4 Å². The highest BCUT2D eigenvalue weighted by Crippen LogP contribution is 2.21. The maximum absolute atomic E-state index is 12.9. The zero-order valence-electron chi connectivity index (χ0n) is 18.4. The van der Waals surface area contributed by atoms with Crippen LogP contribution in [0.1, 0.15) is 46.6 Å². The van der Waals surface area contributed by atoms with Crippen LogP contribution in [-0.2, 0) is 16.6 Å². The summed E-state index contributed by atoms with van der Waals surface area (Å²) in [6, 6.07) is 16.4. The van der Waals surface area contributed by atoms with Gasteiger partial charge in [-0.05, 0) is 56.5 Å². The number of amides is 1. The molecule has 3 aromatic rings. The summed E-state index contributed by atoms with van der Waals surface area (Å²) in [6.07, 6.45) is 2.89. The summed E-state index contributed by atoms with van der Waals surface area (Å²) in [5.41, 5.74) is 3.72. The Morgan fingerprint density at radius 3 is 2.28 bits per heavy atom. The van der Waals surface area contributed by atoms with Crippen molar-refractivity contribution in [1.82, 2.24) is 19.4 Å². The Labute approximate surface area is 189 Å². The molecule has 0 bridgehead atoms. The highest BCUT2D eigenvalue weighted by Gasteiger charge is 2.25. The lowest BCUT2D eigenvalue weighted by atomic mass is 10.1. The van der Waals surface area contributed by atoms with Crippen LogP contribution in [0.2, 0.25) is 0 Å². The first-order valence-electron chi connectivity index (χ1n) is 10.9. The van der Waals surface area contributed by atoms with Crippen LogP contribution >= 0.6 is 0 Å². The van der Waals surface area contributed by atoms with Crippen molar-refractivity contribution in [3.8, 4) is 5.69 Å². The van der Waals surface area contributed by atoms with Gasteiger partial charge in [-0.2, -0.15) is 9.40 Å². The summed E-state index contributed by atoms with van der Waals surface area (Å²) < 4.78 is 28.9. The summed E-state index contributed by atoms with van der Waals surface area (Å²) in [4.78, 5) is 13.2. The Hall–Kier alpha value is -2.97. The zero-order valence-corrected chi connectivity index (χ0v) is 19.2. The molecular formula is C24H28N4O3S. The fourth-order valence-corrected chi connectivity index (χ4v) is 5.61. The number of aromatic nitrogens is 2. The Balaban J connectivity index is 1.44. The molecule has 1 aromatic heterocycles. The number of carbonyl (C=O) groups is 1. The average molecular weight is 453 g/mol. The second-order valence-corrected chi connectivity index (χ2v) is 10.0. The molecule has 2 heterocycles. The van der Waals surface area contributed by atoms with Crippen LogP contribution in [0.25, 0.3) is 5.69 Å². The van der Waals surface area contributed by atoms with E-state index in [1.807, 2.05) is 44.2 Å². The Bertz CT molecular complexity index is 1200. The van der Waals surface area contributed by atoms with Gasteiger partial charge in [-0.25, -0.2) is 13.1 Å². The molecule has 1 aliphatic heterocycles. The molecule has 1 fully saturated rings. The van der Waals surface area contributed by atoms with Crippen LogP contribution in [0, 0.1) is 13.8 Å². The first-order chi connectivity index (χ1) is 15.4. The number of carbonyl (C=O) groups excluding carboxylic acids is 1. The number of aryl methyl sites for hydroxylation is 1. The van der Waals surface area contributed by atoms with Gasteiger partial charge in [0.25, 0.3) is 5.91 Å². The highest BCUT2D eigenvalue weighted by atomic mass is 32.2. The van der Waals surface area contributed by atoms with Gasteiger partial charge in [0.15, 0.2) is 0 Å². The van der Waals surface area contributed by atoms with E-state index in [4.69, 9.17) is 0 Å². The van der Waals surface area contributed by atoms with Gasteiger partial charge in [0, 0.05) is 19.6 Å². The third-order valence-corrected chi connectivity index (χ3v) is 7.76. The van der Waals surface area contributed by atoms with Crippen molar-refractivity contribution in [2.24, 2.45) is 0 Å². The summed E-state index contributed by atoms with van der Waals surface area (Å²) in [7, 11) is -3.45. The normalized spacial score (nSPS) is 14.9. The number of rotatable bonds is 6. The van der Waals surface area contributed by atoms with E-state index in [0.717, 1.165) is 36.2 Å². The van der Waals surface area contributed by atoms with E-state index in [9.17, 15) is 13.2 Å². The largest absolute Gasteiger partial charge is 0.348 e. The molecule has 0 atom stereocenters. The molecule has 4 rings (SSSR count). The fraction of sp³-hybridized carbons (Fsp3) is 0.333. The molecule has 0 aliphatic carbocycles. The third kappa shape index (κ3) is 4.47. The van der Waals surface area contributed by atoms with Crippen molar-refractivity contribution in [1.29, 1.82) is 0 Å². The summed E-state index contributed by atoms with van der Waals surface area (Å²) >= 11 is 0. The van der Waals surface area contributed by atoms with Crippen LogP contribution in [0.5, 0.6) is 0 Å². The monoisotopic (exact) mass is 452 g/mol. The van der Waals surface area contributed by atoms with Crippen LogP contribution in [0.15, 0.2) is 59.5 Å². The van der Waals surface area contributed by atoms with Crippen LogP contribution in [0.4, 0.5) is 0 Å². The summed E-state index contributed by atoms with van der Waals surface area (Å²) in [6.45, 7) is 5.16. The Morgan fingerprint density at radius 1 is 0.969 bits per heavy atom. The number of piperidine rings is 1. The number of sulfonamides is 1. The van der Waals surface area contributed by atoms with Gasteiger partial charge in [-0.15, -0.1) is 0 Å². The van der Waals surface area contributed by atoms with Gasteiger partial charge >= 0.3 is 0 Å². The standard InChI is InChI=1S/C24H28N4O3S/c1-18-23(19(2)28(26-18)21-9-5-3-6-10-21)24(29)25-17-20-11-13-22(14-12-20)32(30,31)27-15-7-4-8-16-27/h3,5-6,9-14H,4,7-8,15-17H2,1-2H3,(H,25,29). The van der Waals surface area contributed by atoms with Crippen molar-refractivity contribution in [3.05, 3.63) is 77.1 Å². The van der Waals surface area contributed by atoms with Gasteiger partial charge in [0.2, 0.25) is 10.0 Å². The number of nitrogens with one attached hydrogen (secondary N) is 1.